The lowest BCUT2D eigenvalue weighted by atomic mass is 9.94. The van der Waals surface area contributed by atoms with Crippen molar-refractivity contribution in [3.8, 4) is 0 Å². The van der Waals surface area contributed by atoms with Crippen molar-refractivity contribution in [2.24, 2.45) is 0 Å². The molecule has 4 nitrogen and oxygen atoms in total. The van der Waals surface area contributed by atoms with Crippen molar-refractivity contribution < 1.29 is 9.59 Å². The van der Waals surface area contributed by atoms with Gasteiger partial charge >= 0.3 is 0 Å². The minimum atomic E-state index is -0.758. The molecule has 2 amide bonds. The summed E-state index contributed by atoms with van der Waals surface area (Å²) in [5, 5.41) is 3.21. The lowest BCUT2D eigenvalue weighted by molar-refractivity contribution is -0.126. The van der Waals surface area contributed by atoms with Crippen molar-refractivity contribution in [3.05, 3.63) is 65.2 Å². The minimum absolute atomic E-state index is 0.148. The van der Waals surface area contributed by atoms with Crippen molar-refractivity contribution in [1.29, 1.82) is 0 Å². The second-order valence-corrected chi connectivity index (χ2v) is 8.34. The molecule has 0 radical (unpaired) electrons. The second-order valence-electron chi connectivity index (χ2n) is 8.07. The Hall–Kier alpha value is -2.33. The van der Waals surface area contributed by atoms with E-state index in [1.54, 1.807) is 4.90 Å². The summed E-state index contributed by atoms with van der Waals surface area (Å²) in [6.45, 7) is 4.09. The molecule has 1 saturated carbocycles. The molecule has 5 heteroatoms. The van der Waals surface area contributed by atoms with E-state index in [9.17, 15) is 9.59 Å². The maximum absolute atomic E-state index is 13.5. The highest BCUT2D eigenvalue weighted by Crippen LogP contribution is 2.30. The molecule has 1 unspecified atom stereocenters. The van der Waals surface area contributed by atoms with Gasteiger partial charge in [-0.1, -0.05) is 68.1 Å². The van der Waals surface area contributed by atoms with Gasteiger partial charge in [-0.05, 0) is 49.4 Å². The molecule has 0 bridgehead atoms. The van der Waals surface area contributed by atoms with Crippen LogP contribution in [0.15, 0.2) is 48.5 Å². The first kappa shape index (κ1) is 22.4. The largest absolute Gasteiger partial charge is 0.351 e. The number of carbonyl (C=O) groups is 2. The summed E-state index contributed by atoms with van der Waals surface area (Å²) < 4.78 is 0. The molecule has 1 aliphatic rings. The van der Waals surface area contributed by atoms with Gasteiger partial charge in [-0.25, -0.2) is 0 Å². The van der Waals surface area contributed by atoms with Gasteiger partial charge in [-0.3, -0.25) is 14.5 Å². The van der Waals surface area contributed by atoms with Crippen LogP contribution in [0.4, 0.5) is 5.69 Å². The quantitative estimate of drug-likeness (QED) is 0.609. The van der Waals surface area contributed by atoms with Crippen LogP contribution in [0, 0.1) is 6.92 Å². The third-order valence-electron chi connectivity index (χ3n) is 5.86. The van der Waals surface area contributed by atoms with Gasteiger partial charge in [-0.15, -0.1) is 11.6 Å². The van der Waals surface area contributed by atoms with Crippen molar-refractivity contribution in [2.45, 2.75) is 64.5 Å². The summed E-state index contributed by atoms with van der Waals surface area (Å²) >= 11 is 5.98. The van der Waals surface area contributed by atoms with Crippen LogP contribution >= 0.6 is 11.6 Å². The number of benzene rings is 2. The van der Waals surface area contributed by atoms with Crippen molar-refractivity contribution in [2.75, 3.05) is 10.8 Å². The zero-order chi connectivity index (χ0) is 21.5. The number of nitrogens with one attached hydrogen (secondary N) is 1. The highest BCUT2D eigenvalue weighted by atomic mass is 35.5. The number of alkyl halides is 1. The smallest absolute Gasteiger partial charge is 0.248 e. The van der Waals surface area contributed by atoms with E-state index >= 15 is 0 Å². The van der Waals surface area contributed by atoms with E-state index in [1.807, 2.05) is 55.5 Å². The van der Waals surface area contributed by atoms with E-state index in [-0.39, 0.29) is 23.7 Å². The fourth-order valence-electron chi connectivity index (χ4n) is 4.09. The number of nitrogens with zero attached hydrogens (tertiary/aromatic N) is 1. The van der Waals surface area contributed by atoms with Crippen molar-refractivity contribution in [1.82, 2.24) is 5.32 Å². The molecular formula is C25H31ClN2O2. The zero-order valence-corrected chi connectivity index (χ0v) is 18.6. The first-order valence-electron chi connectivity index (χ1n) is 10.9. The standard InChI is InChI=1S/C25H31ClN2O2/c1-3-19-11-13-20(14-12-19)24(25(30)27-21-7-5-4-6-8-21)28(23(29)17-26)22-15-9-18(2)10-16-22/h9-16,21,24H,3-8,17H2,1-2H3,(H,27,30). The Bertz CT molecular complexity index is 842. The number of rotatable bonds is 7. The first-order chi connectivity index (χ1) is 14.5. The van der Waals surface area contributed by atoms with Crippen LogP contribution in [0.1, 0.15) is 61.8 Å². The summed E-state index contributed by atoms with van der Waals surface area (Å²) in [6.07, 6.45) is 6.37. The van der Waals surface area contributed by atoms with Gasteiger partial charge in [0.2, 0.25) is 11.8 Å². The summed E-state index contributed by atoms with van der Waals surface area (Å²) in [5.74, 6) is -0.622. The molecule has 30 heavy (non-hydrogen) atoms. The fraction of sp³-hybridized carbons (Fsp3) is 0.440. The number of aryl methyl sites for hydroxylation is 2. The summed E-state index contributed by atoms with van der Waals surface area (Å²) in [7, 11) is 0. The molecule has 1 atom stereocenters. The third kappa shape index (κ3) is 5.42. The van der Waals surface area contributed by atoms with Gasteiger partial charge in [0.05, 0.1) is 0 Å². The lowest BCUT2D eigenvalue weighted by Crippen LogP contribution is -2.47. The van der Waals surface area contributed by atoms with E-state index in [0.29, 0.717) is 5.69 Å². The molecule has 0 aromatic heterocycles. The number of carbonyl (C=O) groups excluding carboxylic acids is 2. The molecule has 0 heterocycles. The number of anilines is 1. The minimum Gasteiger partial charge on any atom is -0.351 e. The molecule has 3 rings (SSSR count). The summed E-state index contributed by atoms with van der Waals surface area (Å²) in [6, 6.07) is 15.0. The SMILES string of the molecule is CCc1ccc(C(C(=O)NC2CCCCC2)N(C(=O)CCl)c2ccc(C)cc2)cc1. The molecule has 1 fully saturated rings. The van der Waals surface area contributed by atoms with Crippen LogP contribution < -0.4 is 10.2 Å². The number of hydrogen-bond acceptors (Lipinski definition) is 2. The Balaban J connectivity index is 2.00. The molecule has 0 aliphatic heterocycles. The first-order valence-corrected chi connectivity index (χ1v) is 11.4. The highest BCUT2D eigenvalue weighted by molar-refractivity contribution is 6.29. The molecule has 1 aliphatic carbocycles. The predicted molar refractivity (Wildman–Crippen MR) is 123 cm³/mol. The molecule has 2 aromatic carbocycles. The topological polar surface area (TPSA) is 49.4 Å². The lowest BCUT2D eigenvalue weighted by Gasteiger charge is -2.33. The average molecular weight is 427 g/mol. The van der Waals surface area contributed by atoms with Gasteiger partial charge in [0.1, 0.15) is 11.9 Å². The van der Waals surface area contributed by atoms with Crippen molar-refractivity contribution in [3.63, 3.8) is 0 Å². The maximum atomic E-state index is 13.5. The van der Waals surface area contributed by atoms with Gasteiger partial charge in [0, 0.05) is 11.7 Å². The van der Waals surface area contributed by atoms with Gasteiger partial charge in [0.15, 0.2) is 0 Å². The second kappa shape index (κ2) is 10.6. The van der Waals surface area contributed by atoms with Gasteiger partial charge in [-0.2, -0.15) is 0 Å². The Labute approximate surface area is 184 Å². The van der Waals surface area contributed by atoms with E-state index in [0.717, 1.165) is 43.2 Å². The predicted octanol–water partition coefficient (Wildman–Crippen LogP) is 5.32. The summed E-state index contributed by atoms with van der Waals surface area (Å²) in [4.78, 5) is 28.0. The normalized spacial score (nSPS) is 15.4. The number of halogens is 1. The molecule has 160 valence electrons. The highest BCUT2D eigenvalue weighted by Gasteiger charge is 2.33. The Kier molecular flexibility index (Phi) is 7.92. The maximum Gasteiger partial charge on any atom is 0.248 e. The molecule has 1 N–H and O–H groups in total. The molecule has 0 saturated heterocycles. The Morgan fingerprint density at radius 1 is 1.03 bits per heavy atom. The van der Waals surface area contributed by atoms with Crippen LogP contribution in [0.3, 0.4) is 0 Å². The summed E-state index contributed by atoms with van der Waals surface area (Å²) in [5.41, 5.74) is 3.75. The average Bonchev–Trinajstić information content (AvgIpc) is 2.78. The third-order valence-corrected chi connectivity index (χ3v) is 6.09. The fourth-order valence-corrected chi connectivity index (χ4v) is 4.22. The molecule has 0 spiro atoms. The number of amides is 2. The Morgan fingerprint density at radius 2 is 1.67 bits per heavy atom. The van der Waals surface area contributed by atoms with Crippen molar-refractivity contribution >= 4 is 29.1 Å². The van der Waals surface area contributed by atoms with Crippen LogP contribution in [0.25, 0.3) is 0 Å². The van der Waals surface area contributed by atoms with E-state index < -0.39 is 6.04 Å². The van der Waals surface area contributed by atoms with E-state index in [1.165, 1.54) is 12.0 Å². The van der Waals surface area contributed by atoms with E-state index in [2.05, 4.69) is 12.2 Å². The molecular weight excluding hydrogens is 396 g/mol. The monoisotopic (exact) mass is 426 g/mol. The van der Waals surface area contributed by atoms with Gasteiger partial charge in [0.25, 0.3) is 0 Å². The van der Waals surface area contributed by atoms with Crippen LogP contribution in [0.2, 0.25) is 0 Å². The van der Waals surface area contributed by atoms with E-state index in [4.69, 9.17) is 11.6 Å². The van der Waals surface area contributed by atoms with Gasteiger partial charge < -0.3 is 5.32 Å². The zero-order valence-electron chi connectivity index (χ0n) is 17.9. The number of hydrogen-bond donors (Lipinski definition) is 1. The van der Waals surface area contributed by atoms with Crippen LogP contribution in [-0.2, 0) is 16.0 Å². The Morgan fingerprint density at radius 3 is 2.23 bits per heavy atom. The molecule has 2 aromatic rings. The van der Waals surface area contributed by atoms with Crippen LogP contribution in [0.5, 0.6) is 0 Å². The van der Waals surface area contributed by atoms with Crippen LogP contribution in [-0.4, -0.2) is 23.7 Å².